The molecule has 0 fully saturated rings. The Morgan fingerprint density at radius 2 is 1.15 bits per heavy atom. The number of rotatable bonds is 8. The minimum Gasteiger partial charge on any atom is -0.0928 e. The first-order valence-electron chi connectivity index (χ1n) is 5.24. The van der Waals surface area contributed by atoms with Crippen molar-refractivity contribution in [2.45, 2.75) is 52.4 Å². The average molecular weight is 314 g/mol. The van der Waals surface area contributed by atoms with Gasteiger partial charge in [0.1, 0.15) is 0 Å². The monoisotopic (exact) mass is 312 g/mol. The molecule has 0 saturated heterocycles. The van der Waals surface area contributed by atoms with Crippen LogP contribution in [-0.4, -0.2) is 10.7 Å². The first-order chi connectivity index (χ1) is 6.12. The minimum absolute atomic E-state index is 0.560. The van der Waals surface area contributed by atoms with Gasteiger partial charge in [-0.3, -0.25) is 0 Å². The van der Waals surface area contributed by atoms with Crippen molar-refractivity contribution >= 4 is 31.9 Å². The van der Waals surface area contributed by atoms with Gasteiger partial charge in [0.2, 0.25) is 0 Å². The van der Waals surface area contributed by atoms with E-state index < -0.39 is 0 Å². The SMILES string of the molecule is CC(C)(CCCCBr)CCCCBr. The summed E-state index contributed by atoms with van der Waals surface area (Å²) in [6, 6.07) is 0. The highest BCUT2D eigenvalue weighted by molar-refractivity contribution is 9.09. The normalized spacial score (nSPS) is 12.0. The van der Waals surface area contributed by atoms with Gasteiger partial charge in [-0.2, -0.15) is 0 Å². The van der Waals surface area contributed by atoms with Gasteiger partial charge >= 0.3 is 0 Å². The highest BCUT2D eigenvalue weighted by Crippen LogP contribution is 2.29. The van der Waals surface area contributed by atoms with Crippen molar-refractivity contribution in [3.63, 3.8) is 0 Å². The zero-order valence-electron chi connectivity index (χ0n) is 8.91. The Kier molecular flexibility index (Phi) is 8.90. The van der Waals surface area contributed by atoms with Crippen molar-refractivity contribution in [2.75, 3.05) is 10.7 Å². The summed E-state index contributed by atoms with van der Waals surface area (Å²) in [5, 5.41) is 2.31. The smallest absolute Gasteiger partial charge is 0.00313 e. The second kappa shape index (κ2) is 8.28. The summed E-state index contributed by atoms with van der Waals surface area (Å²) in [5.41, 5.74) is 0.560. The van der Waals surface area contributed by atoms with Crippen LogP contribution in [-0.2, 0) is 0 Å². The Labute approximate surface area is 100 Å². The fourth-order valence-corrected chi connectivity index (χ4v) is 2.31. The van der Waals surface area contributed by atoms with E-state index in [2.05, 4.69) is 45.7 Å². The van der Waals surface area contributed by atoms with Crippen molar-refractivity contribution in [1.82, 2.24) is 0 Å². The molecule has 0 aliphatic carbocycles. The molecule has 0 aromatic heterocycles. The topological polar surface area (TPSA) is 0 Å². The van der Waals surface area contributed by atoms with Gasteiger partial charge in [-0.25, -0.2) is 0 Å². The Balaban J connectivity index is 3.42. The maximum atomic E-state index is 3.47. The maximum absolute atomic E-state index is 3.47. The minimum atomic E-state index is 0.560. The first-order valence-corrected chi connectivity index (χ1v) is 7.48. The number of unbranched alkanes of at least 4 members (excludes halogenated alkanes) is 2. The second-order valence-electron chi connectivity index (χ2n) is 4.46. The number of halogens is 2. The van der Waals surface area contributed by atoms with E-state index in [0.717, 1.165) is 10.7 Å². The van der Waals surface area contributed by atoms with Gasteiger partial charge in [-0.1, -0.05) is 58.5 Å². The summed E-state index contributed by atoms with van der Waals surface area (Å²) in [4.78, 5) is 0. The van der Waals surface area contributed by atoms with Gasteiger partial charge in [-0.15, -0.1) is 0 Å². The zero-order chi connectivity index (χ0) is 10.2. The summed E-state index contributed by atoms with van der Waals surface area (Å²) >= 11 is 6.95. The van der Waals surface area contributed by atoms with E-state index in [0.29, 0.717) is 5.41 Å². The quantitative estimate of drug-likeness (QED) is 0.430. The molecule has 0 radical (unpaired) electrons. The highest BCUT2D eigenvalue weighted by Gasteiger charge is 2.15. The molecule has 0 N–H and O–H groups in total. The van der Waals surface area contributed by atoms with E-state index in [9.17, 15) is 0 Å². The van der Waals surface area contributed by atoms with Gasteiger partial charge in [0.25, 0.3) is 0 Å². The number of hydrogen-bond donors (Lipinski definition) is 0. The lowest BCUT2D eigenvalue weighted by Gasteiger charge is -2.24. The Morgan fingerprint density at radius 1 is 0.769 bits per heavy atom. The van der Waals surface area contributed by atoms with Crippen LogP contribution in [0.1, 0.15) is 52.4 Å². The average Bonchev–Trinajstić information content (AvgIpc) is 2.05. The second-order valence-corrected chi connectivity index (χ2v) is 6.04. The molecule has 0 rings (SSSR count). The van der Waals surface area contributed by atoms with Gasteiger partial charge in [0.05, 0.1) is 0 Å². The Bertz CT molecular complexity index is 98.7. The maximum Gasteiger partial charge on any atom is 0.00313 e. The standard InChI is InChI=1S/C11H22Br2/c1-11(2,7-3-5-9-12)8-4-6-10-13/h3-10H2,1-2H3. The summed E-state index contributed by atoms with van der Waals surface area (Å²) < 4.78 is 0. The predicted octanol–water partition coefficient (Wildman–Crippen LogP) is 5.14. The van der Waals surface area contributed by atoms with E-state index in [4.69, 9.17) is 0 Å². The van der Waals surface area contributed by atoms with Crippen molar-refractivity contribution in [3.8, 4) is 0 Å². The molecule has 2 heteroatoms. The Morgan fingerprint density at radius 3 is 1.46 bits per heavy atom. The molecule has 0 aromatic carbocycles. The molecule has 0 aromatic rings. The first kappa shape index (κ1) is 14.0. The molecule has 0 saturated carbocycles. The summed E-state index contributed by atoms with van der Waals surface area (Å²) in [6.07, 6.45) is 8.13. The zero-order valence-corrected chi connectivity index (χ0v) is 12.1. The van der Waals surface area contributed by atoms with Crippen molar-refractivity contribution in [1.29, 1.82) is 0 Å². The number of alkyl halides is 2. The molecule has 0 aliphatic rings. The van der Waals surface area contributed by atoms with Crippen LogP contribution < -0.4 is 0 Å². The van der Waals surface area contributed by atoms with Crippen LogP contribution >= 0.6 is 31.9 Å². The molecule has 13 heavy (non-hydrogen) atoms. The van der Waals surface area contributed by atoms with Crippen LogP contribution in [0, 0.1) is 5.41 Å². The highest BCUT2D eigenvalue weighted by atomic mass is 79.9. The van der Waals surface area contributed by atoms with Gasteiger partial charge in [-0.05, 0) is 31.1 Å². The van der Waals surface area contributed by atoms with E-state index in [1.54, 1.807) is 0 Å². The molecule has 0 unspecified atom stereocenters. The van der Waals surface area contributed by atoms with Crippen LogP contribution in [0.15, 0.2) is 0 Å². The van der Waals surface area contributed by atoms with Gasteiger partial charge < -0.3 is 0 Å². The molecule has 0 atom stereocenters. The fraction of sp³-hybridized carbons (Fsp3) is 1.00. The van der Waals surface area contributed by atoms with Crippen LogP contribution in [0.4, 0.5) is 0 Å². The number of hydrogen-bond acceptors (Lipinski definition) is 0. The van der Waals surface area contributed by atoms with Crippen LogP contribution in [0.2, 0.25) is 0 Å². The molecule has 0 heterocycles. The molecular formula is C11H22Br2. The van der Waals surface area contributed by atoms with E-state index in [-0.39, 0.29) is 0 Å². The van der Waals surface area contributed by atoms with Crippen LogP contribution in [0.5, 0.6) is 0 Å². The van der Waals surface area contributed by atoms with Gasteiger partial charge in [0, 0.05) is 10.7 Å². The van der Waals surface area contributed by atoms with E-state index in [1.807, 2.05) is 0 Å². The van der Waals surface area contributed by atoms with Crippen molar-refractivity contribution in [3.05, 3.63) is 0 Å². The molecule has 80 valence electrons. The molecule has 0 spiro atoms. The van der Waals surface area contributed by atoms with E-state index >= 15 is 0 Å². The lowest BCUT2D eigenvalue weighted by Crippen LogP contribution is -2.11. The molecule has 0 aliphatic heterocycles. The van der Waals surface area contributed by atoms with Crippen molar-refractivity contribution in [2.24, 2.45) is 5.41 Å². The van der Waals surface area contributed by atoms with E-state index in [1.165, 1.54) is 38.5 Å². The lowest BCUT2D eigenvalue weighted by molar-refractivity contribution is 0.290. The largest absolute Gasteiger partial charge is 0.0928 e. The molecule has 0 nitrogen and oxygen atoms in total. The Hall–Kier alpha value is 0.960. The van der Waals surface area contributed by atoms with Gasteiger partial charge in [0.15, 0.2) is 0 Å². The third-order valence-corrected chi connectivity index (χ3v) is 3.60. The molecule has 0 bridgehead atoms. The third kappa shape index (κ3) is 9.27. The third-order valence-electron chi connectivity index (χ3n) is 2.47. The summed E-state index contributed by atoms with van der Waals surface area (Å²) in [6.45, 7) is 4.80. The predicted molar refractivity (Wildman–Crippen MR) is 69.1 cm³/mol. The molecular weight excluding hydrogens is 292 g/mol. The summed E-state index contributed by atoms with van der Waals surface area (Å²) in [7, 11) is 0. The van der Waals surface area contributed by atoms with Crippen molar-refractivity contribution < 1.29 is 0 Å². The fourth-order valence-electron chi connectivity index (χ4n) is 1.52. The lowest BCUT2D eigenvalue weighted by atomic mass is 9.82. The van der Waals surface area contributed by atoms with Crippen LogP contribution in [0.25, 0.3) is 0 Å². The molecule has 0 amide bonds. The summed E-state index contributed by atoms with van der Waals surface area (Å²) in [5.74, 6) is 0. The van der Waals surface area contributed by atoms with Crippen LogP contribution in [0.3, 0.4) is 0 Å².